The first-order valence-electron chi connectivity index (χ1n) is 9.16. The van der Waals surface area contributed by atoms with Gasteiger partial charge in [-0.15, -0.1) is 0 Å². The zero-order valence-corrected chi connectivity index (χ0v) is 15.3. The van der Waals surface area contributed by atoms with Crippen molar-refractivity contribution in [3.63, 3.8) is 0 Å². The van der Waals surface area contributed by atoms with Gasteiger partial charge in [0.2, 0.25) is 0 Å². The van der Waals surface area contributed by atoms with Gasteiger partial charge in [0.25, 0.3) is 11.5 Å². The predicted octanol–water partition coefficient (Wildman–Crippen LogP) is 4.32. The highest BCUT2D eigenvalue weighted by Crippen LogP contribution is 2.27. The Bertz CT molecular complexity index is 1400. The van der Waals surface area contributed by atoms with Crippen LogP contribution in [0.1, 0.15) is 10.5 Å². The molecule has 0 spiro atoms. The molecule has 0 fully saturated rings. The van der Waals surface area contributed by atoms with Gasteiger partial charge >= 0.3 is 0 Å². The van der Waals surface area contributed by atoms with Crippen molar-refractivity contribution >= 4 is 33.4 Å². The van der Waals surface area contributed by atoms with Crippen molar-refractivity contribution in [1.82, 2.24) is 15.0 Å². The van der Waals surface area contributed by atoms with Crippen molar-refractivity contribution in [3.05, 3.63) is 94.9 Å². The van der Waals surface area contributed by atoms with Gasteiger partial charge in [-0.05, 0) is 41.8 Å². The first-order valence-corrected chi connectivity index (χ1v) is 9.16. The number of aromatic nitrogens is 3. The number of fused-ring (bicyclic) bond motifs is 2. The summed E-state index contributed by atoms with van der Waals surface area (Å²) in [5, 5.41) is 4.16. The third kappa shape index (κ3) is 3.06. The highest BCUT2D eigenvalue weighted by molar-refractivity contribution is 6.06. The van der Waals surface area contributed by atoms with E-state index in [1.54, 1.807) is 24.3 Å². The molecule has 3 aromatic carbocycles. The molecule has 0 aliphatic rings. The minimum Gasteiger partial charge on any atom is -0.338 e. The molecule has 140 valence electrons. The number of para-hydroxylation sites is 3. The molecule has 0 aliphatic carbocycles. The molecule has 6 heteroatoms. The van der Waals surface area contributed by atoms with E-state index < -0.39 is 5.91 Å². The van der Waals surface area contributed by atoms with Crippen LogP contribution in [0.2, 0.25) is 0 Å². The summed E-state index contributed by atoms with van der Waals surface area (Å²) in [6, 6.07) is 24.0. The molecule has 6 nitrogen and oxygen atoms in total. The Kier molecular flexibility index (Phi) is 3.95. The summed E-state index contributed by atoms with van der Waals surface area (Å²) in [5.74, 6) is 0.269. The highest BCUT2D eigenvalue weighted by atomic mass is 16.2. The SMILES string of the molecule is O=C(Nc1ccccc1-c1nc2ccccc2[nH]1)c1cc2ccccc2c(=O)[nH]1. The van der Waals surface area contributed by atoms with E-state index in [0.717, 1.165) is 16.6 Å². The number of imidazole rings is 1. The van der Waals surface area contributed by atoms with Gasteiger partial charge in [0.05, 0.1) is 16.7 Å². The number of amides is 1. The molecular weight excluding hydrogens is 364 g/mol. The molecule has 0 bridgehead atoms. The van der Waals surface area contributed by atoms with E-state index in [0.29, 0.717) is 22.3 Å². The zero-order valence-electron chi connectivity index (χ0n) is 15.3. The topological polar surface area (TPSA) is 90.6 Å². The number of benzene rings is 3. The Hall–Kier alpha value is -4.19. The van der Waals surface area contributed by atoms with Crippen LogP contribution in [-0.4, -0.2) is 20.9 Å². The summed E-state index contributed by atoms with van der Waals surface area (Å²) in [4.78, 5) is 35.7. The molecule has 29 heavy (non-hydrogen) atoms. The smallest absolute Gasteiger partial charge is 0.272 e. The quantitative estimate of drug-likeness (QED) is 0.435. The van der Waals surface area contributed by atoms with Crippen LogP contribution in [0.5, 0.6) is 0 Å². The second kappa shape index (κ2) is 6.76. The molecule has 3 N–H and O–H groups in total. The van der Waals surface area contributed by atoms with Crippen molar-refractivity contribution in [2.45, 2.75) is 0 Å². The Morgan fingerprint density at radius 1 is 0.862 bits per heavy atom. The number of aromatic amines is 2. The minimum absolute atomic E-state index is 0.202. The average molecular weight is 380 g/mol. The van der Waals surface area contributed by atoms with Crippen LogP contribution in [0.3, 0.4) is 0 Å². The van der Waals surface area contributed by atoms with Crippen molar-refractivity contribution in [2.75, 3.05) is 5.32 Å². The maximum Gasteiger partial charge on any atom is 0.272 e. The second-order valence-corrected chi connectivity index (χ2v) is 6.70. The molecule has 0 unspecified atom stereocenters. The van der Waals surface area contributed by atoms with Gasteiger partial charge in [0.15, 0.2) is 0 Å². The van der Waals surface area contributed by atoms with Crippen molar-refractivity contribution in [2.24, 2.45) is 0 Å². The van der Waals surface area contributed by atoms with Crippen LogP contribution < -0.4 is 10.9 Å². The Labute approximate surface area is 165 Å². The van der Waals surface area contributed by atoms with E-state index >= 15 is 0 Å². The number of pyridine rings is 1. The summed E-state index contributed by atoms with van der Waals surface area (Å²) < 4.78 is 0. The molecule has 0 saturated carbocycles. The molecule has 0 atom stereocenters. The first kappa shape index (κ1) is 16.9. The second-order valence-electron chi connectivity index (χ2n) is 6.70. The van der Waals surface area contributed by atoms with E-state index in [2.05, 4.69) is 20.3 Å². The zero-order chi connectivity index (χ0) is 19.8. The number of H-pyrrole nitrogens is 2. The van der Waals surface area contributed by atoms with Gasteiger partial charge in [0.1, 0.15) is 11.5 Å². The van der Waals surface area contributed by atoms with Gasteiger partial charge in [-0.3, -0.25) is 9.59 Å². The van der Waals surface area contributed by atoms with Crippen molar-refractivity contribution in [1.29, 1.82) is 0 Å². The van der Waals surface area contributed by atoms with Crippen LogP contribution in [0.4, 0.5) is 5.69 Å². The number of nitrogens with zero attached hydrogens (tertiary/aromatic N) is 1. The number of rotatable bonds is 3. The molecule has 0 saturated heterocycles. The van der Waals surface area contributed by atoms with Crippen LogP contribution in [0.15, 0.2) is 83.7 Å². The predicted molar refractivity (Wildman–Crippen MR) is 114 cm³/mol. The molecule has 1 amide bonds. The number of carbonyl (C=O) groups excluding carboxylic acids is 1. The number of hydrogen-bond donors (Lipinski definition) is 3. The van der Waals surface area contributed by atoms with E-state index in [-0.39, 0.29) is 11.3 Å². The fourth-order valence-corrected chi connectivity index (χ4v) is 3.40. The lowest BCUT2D eigenvalue weighted by Gasteiger charge is -2.10. The number of anilines is 1. The molecular formula is C23H16N4O2. The summed E-state index contributed by atoms with van der Waals surface area (Å²) in [7, 11) is 0. The summed E-state index contributed by atoms with van der Waals surface area (Å²) in [6.07, 6.45) is 0. The molecule has 0 radical (unpaired) electrons. The van der Waals surface area contributed by atoms with Crippen LogP contribution in [-0.2, 0) is 0 Å². The molecule has 2 heterocycles. The standard InChI is InChI=1S/C23H16N4O2/c28-22-15-8-2-1-7-14(15)13-20(27-22)23(29)26-17-10-4-3-9-16(17)21-24-18-11-5-6-12-19(18)25-21/h1-13H,(H,24,25)(H,26,29)(H,27,28). The Balaban J connectivity index is 1.53. The fourth-order valence-electron chi connectivity index (χ4n) is 3.40. The largest absolute Gasteiger partial charge is 0.338 e. The van der Waals surface area contributed by atoms with Crippen molar-refractivity contribution in [3.8, 4) is 11.4 Å². The Morgan fingerprint density at radius 2 is 1.62 bits per heavy atom. The van der Waals surface area contributed by atoms with Crippen LogP contribution in [0.25, 0.3) is 33.2 Å². The lowest BCUT2D eigenvalue weighted by molar-refractivity contribution is 0.102. The molecule has 2 aromatic heterocycles. The lowest BCUT2D eigenvalue weighted by atomic mass is 10.1. The summed E-state index contributed by atoms with van der Waals surface area (Å²) in [5.41, 5.74) is 3.04. The molecule has 5 rings (SSSR count). The maximum atomic E-state index is 12.9. The van der Waals surface area contributed by atoms with Gasteiger partial charge in [-0.1, -0.05) is 42.5 Å². The molecule has 0 aliphatic heterocycles. The van der Waals surface area contributed by atoms with E-state index in [1.165, 1.54) is 0 Å². The van der Waals surface area contributed by atoms with Crippen LogP contribution >= 0.6 is 0 Å². The van der Waals surface area contributed by atoms with Gasteiger partial charge in [-0.25, -0.2) is 4.98 Å². The highest BCUT2D eigenvalue weighted by Gasteiger charge is 2.14. The number of hydrogen-bond acceptors (Lipinski definition) is 3. The summed E-state index contributed by atoms with van der Waals surface area (Å²) >= 11 is 0. The summed E-state index contributed by atoms with van der Waals surface area (Å²) in [6.45, 7) is 0. The normalized spacial score (nSPS) is 11.0. The third-order valence-corrected chi connectivity index (χ3v) is 4.82. The lowest BCUT2D eigenvalue weighted by Crippen LogP contribution is -2.19. The van der Waals surface area contributed by atoms with Gasteiger partial charge < -0.3 is 15.3 Å². The number of carbonyl (C=O) groups is 1. The molecule has 5 aromatic rings. The third-order valence-electron chi connectivity index (χ3n) is 4.82. The van der Waals surface area contributed by atoms with Crippen LogP contribution in [0, 0.1) is 0 Å². The first-order chi connectivity index (χ1) is 14.2. The van der Waals surface area contributed by atoms with E-state index in [1.807, 2.05) is 54.6 Å². The number of nitrogens with one attached hydrogen (secondary N) is 3. The maximum absolute atomic E-state index is 12.9. The minimum atomic E-state index is -0.392. The Morgan fingerprint density at radius 3 is 2.52 bits per heavy atom. The van der Waals surface area contributed by atoms with Crippen molar-refractivity contribution < 1.29 is 4.79 Å². The fraction of sp³-hybridized carbons (Fsp3) is 0. The average Bonchev–Trinajstić information content (AvgIpc) is 3.18. The van der Waals surface area contributed by atoms with Gasteiger partial charge in [-0.2, -0.15) is 0 Å². The monoisotopic (exact) mass is 380 g/mol. The van der Waals surface area contributed by atoms with E-state index in [4.69, 9.17) is 0 Å². The van der Waals surface area contributed by atoms with Gasteiger partial charge in [0, 0.05) is 10.9 Å². The van der Waals surface area contributed by atoms with E-state index in [9.17, 15) is 9.59 Å².